The molecule has 4 heteroatoms. The second kappa shape index (κ2) is 6.90. The highest BCUT2D eigenvalue weighted by molar-refractivity contribution is 5.35. The molecule has 0 radical (unpaired) electrons. The van der Waals surface area contributed by atoms with Crippen LogP contribution >= 0.6 is 0 Å². The Hall–Kier alpha value is -1.91. The van der Waals surface area contributed by atoms with Gasteiger partial charge in [0.25, 0.3) is 0 Å². The maximum Gasteiger partial charge on any atom is 0.123 e. The lowest BCUT2D eigenvalue weighted by atomic mass is 10.00. The van der Waals surface area contributed by atoms with E-state index in [2.05, 4.69) is 5.32 Å². The van der Waals surface area contributed by atoms with Gasteiger partial charge in [0.1, 0.15) is 23.9 Å². The number of aliphatic hydroxyl groups is 1. The summed E-state index contributed by atoms with van der Waals surface area (Å²) in [6, 6.07) is 14.5. The van der Waals surface area contributed by atoms with Crippen LogP contribution in [0.25, 0.3) is 0 Å². The Balaban J connectivity index is 1.50. The first-order valence-electron chi connectivity index (χ1n) is 7.61. The van der Waals surface area contributed by atoms with Gasteiger partial charge in [0.15, 0.2) is 0 Å². The van der Waals surface area contributed by atoms with Crippen LogP contribution in [-0.2, 0) is 13.0 Å². The molecule has 0 fully saturated rings. The van der Waals surface area contributed by atoms with E-state index in [-0.39, 0.29) is 11.9 Å². The highest BCUT2D eigenvalue weighted by Gasteiger charge is 2.22. The molecule has 1 heterocycles. The second-order valence-electron chi connectivity index (χ2n) is 5.65. The molecule has 0 spiro atoms. The van der Waals surface area contributed by atoms with Gasteiger partial charge >= 0.3 is 0 Å². The third-order valence-corrected chi connectivity index (χ3v) is 3.92. The predicted octanol–water partition coefficient (Wildman–Crippen LogP) is 3.02. The summed E-state index contributed by atoms with van der Waals surface area (Å²) in [5.74, 6) is 0.498. The van der Waals surface area contributed by atoms with Gasteiger partial charge in [-0.15, -0.1) is 0 Å². The normalized spacial score (nSPS) is 18.4. The zero-order chi connectivity index (χ0) is 15.4. The van der Waals surface area contributed by atoms with Crippen molar-refractivity contribution >= 4 is 0 Å². The van der Waals surface area contributed by atoms with Gasteiger partial charge in [-0.1, -0.05) is 30.3 Å². The molecule has 0 aromatic heterocycles. The molecule has 3 nitrogen and oxygen atoms in total. The molecular formula is C18H20FNO2. The Morgan fingerprint density at radius 1 is 1.23 bits per heavy atom. The summed E-state index contributed by atoms with van der Waals surface area (Å²) in [5, 5.41) is 13.2. The molecule has 2 unspecified atom stereocenters. The van der Waals surface area contributed by atoms with Crippen LogP contribution in [0.2, 0.25) is 0 Å². The molecule has 0 saturated heterocycles. The summed E-state index contributed by atoms with van der Waals surface area (Å²) >= 11 is 0. The van der Waals surface area contributed by atoms with Crippen LogP contribution in [0.4, 0.5) is 4.39 Å². The van der Waals surface area contributed by atoms with E-state index in [0.29, 0.717) is 13.0 Å². The molecule has 3 rings (SSSR count). The first kappa shape index (κ1) is 15.0. The smallest absolute Gasteiger partial charge is 0.123 e. The molecule has 1 aliphatic heterocycles. The third-order valence-electron chi connectivity index (χ3n) is 3.92. The number of nitrogens with one attached hydrogen (secondary N) is 1. The van der Waals surface area contributed by atoms with Gasteiger partial charge in [-0.3, -0.25) is 5.32 Å². The van der Waals surface area contributed by atoms with Crippen molar-refractivity contribution in [2.45, 2.75) is 38.1 Å². The molecular weight excluding hydrogens is 281 g/mol. The number of aryl methyl sites for hydroxylation is 1. The quantitative estimate of drug-likeness (QED) is 0.834. The molecule has 2 N–H and O–H groups in total. The molecule has 0 amide bonds. The zero-order valence-corrected chi connectivity index (χ0v) is 12.3. The monoisotopic (exact) mass is 301 g/mol. The highest BCUT2D eigenvalue weighted by atomic mass is 19.1. The Morgan fingerprint density at radius 3 is 2.86 bits per heavy atom. The summed E-state index contributed by atoms with van der Waals surface area (Å²) in [7, 11) is 0. The van der Waals surface area contributed by atoms with Crippen LogP contribution in [0.15, 0.2) is 48.5 Å². The Morgan fingerprint density at radius 2 is 2.05 bits per heavy atom. The second-order valence-corrected chi connectivity index (χ2v) is 5.65. The SMILES string of the molecule is OC(CC1CCc2cc(F)ccc2O1)NCc1ccccc1. The molecule has 2 aromatic rings. The topological polar surface area (TPSA) is 41.5 Å². The van der Waals surface area contributed by atoms with E-state index in [1.54, 1.807) is 6.07 Å². The number of aliphatic hydroxyl groups excluding tert-OH is 1. The van der Waals surface area contributed by atoms with E-state index < -0.39 is 6.23 Å². The summed E-state index contributed by atoms with van der Waals surface area (Å²) in [6.07, 6.45) is 1.43. The van der Waals surface area contributed by atoms with Gasteiger partial charge in [-0.05, 0) is 42.2 Å². The average Bonchev–Trinajstić information content (AvgIpc) is 2.54. The minimum atomic E-state index is -0.618. The number of hydrogen-bond acceptors (Lipinski definition) is 3. The summed E-state index contributed by atoms with van der Waals surface area (Å²) in [4.78, 5) is 0. The number of ether oxygens (including phenoxy) is 1. The first-order chi connectivity index (χ1) is 10.7. The van der Waals surface area contributed by atoms with E-state index in [0.717, 1.165) is 29.7 Å². The molecule has 0 saturated carbocycles. The van der Waals surface area contributed by atoms with E-state index >= 15 is 0 Å². The largest absolute Gasteiger partial charge is 0.490 e. The van der Waals surface area contributed by atoms with Crippen LogP contribution in [-0.4, -0.2) is 17.4 Å². The number of rotatable bonds is 5. The van der Waals surface area contributed by atoms with Crippen molar-refractivity contribution in [2.75, 3.05) is 0 Å². The van der Waals surface area contributed by atoms with Crippen molar-refractivity contribution in [2.24, 2.45) is 0 Å². The van der Waals surface area contributed by atoms with Crippen LogP contribution in [0.5, 0.6) is 5.75 Å². The van der Waals surface area contributed by atoms with Crippen molar-refractivity contribution in [1.82, 2.24) is 5.32 Å². The van der Waals surface area contributed by atoms with Crippen molar-refractivity contribution in [3.63, 3.8) is 0 Å². The number of benzene rings is 2. The molecule has 116 valence electrons. The van der Waals surface area contributed by atoms with Crippen LogP contribution in [0.1, 0.15) is 24.0 Å². The number of fused-ring (bicyclic) bond motifs is 1. The number of hydrogen-bond donors (Lipinski definition) is 2. The average molecular weight is 301 g/mol. The lowest BCUT2D eigenvalue weighted by Gasteiger charge is -2.28. The lowest BCUT2D eigenvalue weighted by Crippen LogP contribution is -2.35. The molecule has 22 heavy (non-hydrogen) atoms. The maximum absolute atomic E-state index is 13.2. The van der Waals surface area contributed by atoms with E-state index in [4.69, 9.17) is 4.74 Å². The maximum atomic E-state index is 13.2. The van der Waals surface area contributed by atoms with E-state index in [9.17, 15) is 9.50 Å². The van der Waals surface area contributed by atoms with Gasteiger partial charge in [0.2, 0.25) is 0 Å². The summed E-state index contributed by atoms with van der Waals surface area (Å²) in [5.41, 5.74) is 2.04. The summed E-state index contributed by atoms with van der Waals surface area (Å²) < 4.78 is 19.0. The minimum Gasteiger partial charge on any atom is -0.490 e. The summed E-state index contributed by atoms with van der Waals surface area (Å²) in [6.45, 7) is 0.622. The van der Waals surface area contributed by atoms with Crippen LogP contribution in [0, 0.1) is 5.82 Å². The highest BCUT2D eigenvalue weighted by Crippen LogP contribution is 2.29. The predicted molar refractivity (Wildman–Crippen MR) is 83.0 cm³/mol. The Bertz CT molecular complexity index is 618. The van der Waals surface area contributed by atoms with Gasteiger partial charge in [0.05, 0.1) is 0 Å². The van der Waals surface area contributed by atoms with Crippen LogP contribution < -0.4 is 10.1 Å². The van der Waals surface area contributed by atoms with E-state index in [1.165, 1.54) is 12.1 Å². The fraction of sp³-hybridized carbons (Fsp3) is 0.333. The third kappa shape index (κ3) is 3.84. The van der Waals surface area contributed by atoms with Gasteiger partial charge in [0, 0.05) is 13.0 Å². The van der Waals surface area contributed by atoms with Gasteiger partial charge < -0.3 is 9.84 Å². The Kier molecular flexibility index (Phi) is 4.71. The Labute approximate surface area is 129 Å². The van der Waals surface area contributed by atoms with Crippen molar-refractivity contribution in [3.8, 4) is 5.75 Å². The van der Waals surface area contributed by atoms with Crippen molar-refractivity contribution in [1.29, 1.82) is 0 Å². The molecule has 2 atom stereocenters. The standard InChI is InChI=1S/C18H20FNO2/c19-15-7-9-17-14(10-15)6-8-16(22-17)11-18(21)20-12-13-4-2-1-3-5-13/h1-5,7,9-10,16,18,20-21H,6,8,11-12H2. The fourth-order valence-corrected chi connectivity index (χ4v) is 2.74. The minimum absolute atomic E-state index is 0.0452. The lowest BCUT2D eigenvalue weighted by molar-refractivity contribution is 0.0612. The van der Waals surface area contributed by atoms with Crippen LogP contribution in [0.3, 0.4) is 0 Å². The molecule has 2 aromatic carbocycles. The van der Waals surface area contributed by atoms with Crippen molar-refractivity contribution < 1.29 is 14.2 Å². The van der Waals surface area contributed by atoms with E-state index in [1.807, 2.05) is 30.3 Å². The number of halogens is 1. The molecule has 1 aliphatic rings. The van der Waals surface area contributed by atoms with Gasteiger partial charge in [-0.25, -0.2) is 4.39 Å². The first-order valence-corrected chi connectivity index (χ1v) is 7.61. The van der Waals surface area contributed by atoms with Gasteiger partial charge in [-0.2, -0.15) is 0 Å². The fourth-order valence-electron chi connectivity index (χ4n) is 2.74. The zero-order valence-electron chi connectivity index (χ0n) is 12.3. The molecule has 0 aliphatic carbocycles. The van der Waals surface area contributed by atoms with Crippen molar-refractivity contribution in [3.05, 3.63) is 65.5 Å². The molecule has 0 bridgehead atoms.